The third kappa shape index (κ3) is 5.14. The standard InChI is InChI=1S/C22H24N4O3/c1-26(14-19-15-28-9-10-29-19)13-16-3-2-4-18(11-16)22-24-20(12-21(27)25-22)17-5-7-23-8-6-17/h2-8,11-12,19H,9-10,13-15H2,1H3,(H,24,25,27). The number of nitrogens with one attached hydrogen (secondary N) is 1. The van der Waals surface area contributed by atoms with Crippen LogP contribution in [0.4, 0.5) is 0 Å². The van der Waals surface area contributed by atoms with Crippen LogP contribution in [-0.2, 0) is 16.0 Å². The first kappa shape index (κ1) is 19.4. The van der Waals surface area contributed by atoms with Crippen LogP contribution in [0.1, 0.15) is 5.56 Å². The summed E-state index contributed by atoms with van der Waals surface area (Å²) in [5.41, 5.74) is 3.32. The molecule has 7 heteroatoms. The molecule has 1 unspecified atom stereocenters. The van der Waals surface area contributed by atoms with Gasteiger partial charge in [-0.1, -0.05) is 18.2 Å². The smallest absolute Gasteiger partial charge is 0.251 e. The molecule has 2 aromatic heterocycles. The van der Waals surface area contributed by atoms with Crippen LogP contribution in [0.3, 0.4) is 0 Å². The summed E-state index contributed by atoms with van der Waals surface area (Å²) in [7, 11) is 2.06. The SMILES string of the molecule is CN(Cc1cccc(-c2nc(-c3ccncc3)cc(=O)[nH]2)c1)CC1COCCO1. The molecule has 29 heavy (non-hydrogen) atoms. The number of hydrogen-bond donors (Lipinski definition) is 1. The lowest BCUT2D eigenvalue weighted by atomic mass is 10.1. The quantitative estimate of drug-likeness (QED) is 0.694. The monoisotopic (exact) mass is 392 g/mol. The van der Waals surface area contributed by atoms with Crippen LogP contribution in [0.15, 0.2) is 59.7 Å². The Labute approximate surface area is 169 Å². The lowest BCUT2D eigenvalue weighted by molar-refractivity contribution is -0.0962. The zero-order valence-electron chi connectivity index (χ0n) is 16.4. The molecule has 4 rings (SSSR count). The topological polar surface area (TPSA) is 80.3 Å². The van der Waals surface area contributed by atoms with E-state index in [9.17, 15) is 4.79 Å². The number of rotatable bonds is 6. The van der Waals surface area contributed by atoms with Crippen molar-refractivity contribution in [2.24, 2.45) is 0 Å². The molecule has 1 aromatic carbocycles. The van der Waals surface area contributed by atoms with Crippen molar-refractivity contribution in [3.8, 4) is 22.6 Å². The molecule has 0 bridgehead atoms. The van der Waals surface area contributed by atoms with E-state index >= 15 is 0 Å². The summed E-state index contributed by atoms with van der Waals surface area (Å²) in [6, 6.07) is 13.3. The molecular formula is C22H24N4O3. The maximum atomic E-state index is 12.2. The number of aromatic nitrogens is 3. The first-order valence-corrected chi connectivity index (χ1v) is 9.66. The van der Waals surface area contributed by atoms with Crippen LogP contribution in [0.5, 0.6) is 0 Å². The number of aromatic amines is 1. The van der Waals surface area contributed by atoms with Gasteiger partial charge in [-0.15, -0.1) is 0 Å². The zero-order chi connectivity index (χ0) is 20.1. The minimum absolute atomic E-state index is 0.104. The zero-order valence-corrected chi connectivity index (χ0v) is 16.4. The van der Waals surface area contributed by atoms with Crippen LogP contribution in [0.25, 0.3) is 22.6 Å². The van der Waals surface area contributed by atoms with E-state index in [2.05, 4.69) is 39.0 Å². The highest BCUT2D eigenvalue weighted by Crippen LogP contribution is 2.20. The molecule has 0 saturated carbocycles. The van der Waals surface area contributed by atoms with Gasteiger partial charge in [0.1, 0.15) is 5.82 Å². The molecule has 7 nitrogen and oxygen atoms in total. The number of H-pyrrole nitrogens is 1. The van der Waals surface area contributed by atoms with E-state index in [4.69, 9.17) is 9.47 Å². The van der Waals surface area contributed by atoms with Crippen LogP contribution < -0.4 is 5.56 Å². The molecule has 1 fully saturated rings. The predicted octanol–water partition coefficient (Wildman–Crippen LogP) is 2.35. The maximum Gasteiger partial charge on any atom is 0.251 e. The van der Waals surface area contributed by atoms with Crippen molar-refractivity contribution in [3.05, 3.63) is 70.8 Å². The Hall–Kier alpha value is -2.87. The van der Waals surface area contributed by atoms with Gasteiger partial charge >= 0.3 is 0 Å². The fourth-order valence-corrected chi connectivity index (χ4v) is 3.45. The molecule has 0 spiro atoms. The first-order chi connectivity index (χ1) is 14.2. The van der Waals surface area contributed by atoms with Gasteiger partial charge in [0.25, 0.3) is 5.56 Å². The Morgan fingerprint density at radius 1 is 1.14 bits per heavy atom. The second kappa shape index (κ2) is 9.09. The minimum atomic E-state index is -0.182. The summed E-state index contributed by atoms with van der Waals surface area (Å²) >= 11 is 0. The Bertz CT molecular complexity index is 1000. The van der Waals surface area contributed by atoms with Gasteiger partial charge < -0.3 is 14.5 Å². The van der Waals surface area contributed by atoms with Crippen molar-refractivity contribution >= 4 is 0 Å². The van der Waals surface area contributed by atoms with Crippen molar-refractivity contribution in [3.63, 3.8) is 0 Å². The predicted molar refractivity (Wildman–Crippen MR) is 110 cm³/mol. The highest BCUT2D eigenvalue weighted by Gasteiger charge is 2.16. The van der Waals surface area contributed by atoms with Gasteiger partial charge in [0.2, 0.25) is 0 Å². The lowest BCUT2D eigenvalue weighted by Crippen LogP contribution is -2.38. The van der Waals surface area contributed by atoms with Crippen molar-refractivity contribution in [1.82, 2.24) is 19.9 Å². The summed E-state index contributed by atoms with van der Waals surface area (Å²) < 4.78 is 11.2. The molecule has 1 aliphatic heterocycles. The number of hydrogen-bond acceptors (Lipinski definition) is 6. The summed E-state index contributed by atoms with van der Waals surface area (Å²) in [5, 5.41) is 0. The number of ether oxygens (including phenoxy) is 2. The van der Waals surface area contributed by atoms with E-state index in [0.717, 1.165) is 29.8 Å². The molecule has 150 valence electrons. The van der Waals surface area contributed by atoms with Gasteiger partial charge in [-0.3, -0.25) is 14.7 Å². The molecule has 3 heterocycles. The lowest BCUT2D eigenvalue weighted by Gasteiger charge is -2.27. The van der Waals surface area contributed by atoms with Gasteiger partial charge in [-0.25, -0.2) is 4.98 Å². The second-order valence-corrected chi connectivity index (χ2v) is 7.18. The molecule has 0 radical (unpaired) electrons. The van der Waals surface area contributed by atoms with Crippen LogP contribution in [-0.4, -0.2) is 59.4 Å². The maximum absolute atomic E-state index is 12.2. The third-order valence-electron chi connectivity index (χ3n) is 4.77. The van der Waals surface area contributed by atoms with Crippen LogP contribution in [0.2, 0.25) is 0 Å². The van der Waals surface area contributed by atoms with Gasteiger partial charge in [0.15, 0.2) is 0 Å². The number of pyridine rings is 1. The average Bonchev–Trinajstić information content (AvgIpc) is 2.75. The van der Waals surface area contributed by atoms with Crippen molar-refractivity contribution in [2.45, 2.75) is 12.6 Å². The Morgan fingerprint density at radius 2 is 2.00 bits per heavy atom. The summed E-state index contributed by atoms with van der Waals surface area (Å²) in [6.45, 7) is 3.53. The largest absolute Gasteiger partial charge is 0.376 e. The fraction of sp³-hybridized carbons (Fsp3) is 0.318. The number of nitrogens with zero attached hydrogens (tertiary/aromatic N) is 3. The van der Waals surface area contributed by atoms with E-state index in [1.54, 1.807) is 12.4 Å². The van der Waals surface area contributed by atoms with Gasteiger partial charge in [-0.05, 0) is 30.8 Å². The Balaban J connectivity index is 1.52. The van der Waals surface area contributed by atoms with E-state index < -0.39 is 0 Å². The van der Waals surface area contributed by atoms with Crippen molar-refractivity contribution in [1.29, 1.82) is 0 Å². The van der Waals surface area contributed by atoms with E-state index in [0.29, 0.717) is 31.3 Å². The molecule has 1 N–H and O–H groups in total. The summed E-state index contributed by atoms with van der Waals surface area (Å²) in [4.78, 5) is 25.9. The Kier molecular flexibility index (Phi) is 6.09. The molecule has 1 aliphatic rings. The van der Waals surface area contributed by atoms with E-state index in [1.165, 1.54) is 6.07 Å². The molecule has 0 aliphatic carbocycles. The van der Waals surface area contributed by atoms with Gasteiger partial charge in [0, 0.05) is 42.7 Å². The van der Waals surface area contributed by atoms with Crippen molar-refractivity contribution in [2.75, 3.05) is 33.4 Å². The molecule has 1 saturated heterocycles. The molecule has 0 amide bonds. The van der Waals surface area contributed by atoms with E-state index in [-0.39, 0.29) is 11.7 Å². The van der Waals surface area contributed by atoms with Crippen LogP contribution in [0, 0.1) is 0 Å². The molecule has 1 atom stereocenters. The van der Waals surface area contributed by atoms with E-state index in [1.807, 2.05) is 24.3 Å². The number of benzene rings is 1. The average molecular weight is 392 g/mol. The first-order valence-electron chi connectivity index (χ1n) is 9.66. The Morgan fingerprint density at radius 3 is 2.79 bits per heavy atom. The minimum Gasteiger partial charge on any atom is -0.376 e. The molecular weight excluding hydrogens is 368 g/mol. The van der Waals surface area contributed by atoms with Crippen LogP contribution >= 0.6 is 0 Å². The summed E-state index contributed by atoms with van der Waals surface area (Å²) in [5.74, 6) is 0.554. The highest BCUT2D eigenvalue weighted by molar-refractivity contribution is 5.63. The van der Waals surface area contributed by atoms with Crippen molar-refractivity contribution < 1.29 is 9.47 Å². The van der Waals surface area contributed by atoms with Gasteiger partial charge in [0.05, 0.1) is 31.6 Å². The molecule has 3 aromatic rings. The third-order valence-corrected chi connectivity index (χ3v) is 4.77. The van der Waals surface area contributed by atoms with Gasteiger partial charge in [-0.2, -0.15) is 0 Å². The second-order valence-electron chi connectivity index (χ2n) is 7.18. The normalized spacial score (nSPS) is 16.8. The summed E-state index contributed by atoms with van der Waals surface area (Å²) in [6.07, 6.45) is 3.48. The fourth-order valence-electron chi connectivity index (χ4n) is 3.45. The number of likely N-dealkylation sites (N-methyl/N-ethyl adjacent to an activating group) is 1. The highest BCUT2D eigenvalue weighted by atomic mass is 16.6.